The molecule has 2 N–H and O–H groups in total. The van der Waals surface area contributed by atoms with Crippen molar-refractivity contribution in [2.24, 2.45) is 0 Å². The molecule has 1 heterocycles. The molecule has 0 saturated carbocycles. The number of hydrogen-bond acceptors (Lipinski definition) is 1. The van der Waals surface area contributed by atoms with Crippen molar-refractivity contribution in [1.29, 1.82) is 0 Å². The summed E-state index contributed by atoms with van der Waals surface area (Å²) in [5.41, 5.74) is 10.8. The number of nitrogens with zero attached hydrogens (tertiary/aromatic N) is 1. The van der Waals surface area contributed by atoms with E-state index in [9.17, 15) is 0 Å². The largest absolute Gasteiger partial charge is 0.397 e. The minimum atomic E-state index is -0.224. The van der Waals surface area contributed by atoms with Crippen molar-refractivity contribution in [3.05, 3.63) is 78.7 Å². The molecular weight excluding hydrogens is 335 g/mol. The number of nitrogen functional groups attached to an aromatic ring is 1. The van der Waals surface area contributed by atoms with Gasteiger partial charge in [-0.05, 0) is 50.1 Å². The Morgan fingerprint density at radius 3 is 2.15 bits per heavy atom. The van der Waals surface area contributed by atoms with Gasteiger partial charge in [0.15, 0.2) is 0 Å². The normalized spacial score (nSPS) is 11.9. The van der Waals surface area contributed by atoms with Crippen molar-refractivity contribution >= 4 is 16.6 Å². The van der Waals surface area contributed by atoms with Gasteiger partial charge in [0.2, 0.25) is 0 Å². The maximum absolute atomic E-state index is 15.3. The molecule has 0 aliphatic rings. The van der Waals surface area contributed by atoms with E-state index >= 15 is 4.39 Å². The lowest BCUT2D eigenvalue weighted by atomic mass is 9.96. The fourth-order valence-corrected chi connectivity index (χ4v) is 3.62. The molecule has 3 heteroatoms. The summed E-state index contributed by atoms with van der Waals surface area (Å²) in [6, 6.07) is 21.0. The van der Waals surface area contributed by atoms with Gasteiger partial charge in [0, 0.05) is 28.2 Å². The third kappa shape index (κ3) is 2.99. The molecule has 0 saturated heterocycles. The number of hydrogen-bond donors (Lipinski definition) is 1. The Kier molecular flexibility index (Phi) is 4.03. The molecule has 2 nitrogen and oxygen atoms in total. The Morgan fingerprint density at radius 1 is 0.815 bits per heavy atom. The first-order valence-corrected chi connectivity index (χ1v) is 9.11. The molecule has 4 rings (SSSR count). The standard InChI is InChI=1S/C24H23FN2/c1-24(2,3)27-13-12-17-14-18(15-21(26)23(17)27)20-11-7-10-19(22(20)25)16-8-5-4-6-9-16/h4-15H,26H2,1-3H3. The molecule has 0 radical (unpaired) electrons. The lowest BCUT2D eigenvalue weighted by Gasteiger charge is -2.23. The van der Waals surface area contributed by atoms with E-state index in [1.807, 2.05) is 72.9 Å². The third-order valence-corrected chi connectivity index (χ3v) is 4.93. The molecule has 0 atom stereocenters. The molecule has 0 spiro atoms. The minimum absolute atomic E-state index is 0.0735. The molecule has 4 aromatic rings. The highest BCUT2D eigenvalue weighted by Crippen LogP contribution is 2.36. The van der Waals surface area contributed by atoms with E-state index in [-0.39, 0.29) is 11.4 Å². The zero-order valence-corrected chi connectivity index (χ0v) is 15.8. The predicted octanol–water partition coefficient (Wildman–Crippen LogP) is 6.45. The van der Waals surface area contributed by atoms with E-state index in [1.54, 1.807) is 0 Å². The number of rotatable bonds is 2. The molecule has 27 heavy (non-hydrogen) atoms. The van der Waals surface area contributed by atoms with Crippen LogP contribution >= 0.6 is 0 Å². The van der Waals surface area contributed by atoms with Crippen molar-refractivity contribution in [2.45, 2.75) is 26.3 Å². The number of benzene rings is 3. The van der Waals surface area contributed by atoms with Crippen molar-refractivity contribution in [3.63, 3.8) is 0 Å². The fraction of sp³-hybridized carbons (Fsp3) is 0.167. The second kappa shape index (κ2) is 6.27. The fourth-order valence-electron chi connectivity index (χ4n) is 3.62. The van der Waals surface area contributed by atoms with Crippen LogP contribution in [-0.4, -0.2) is 4.57 Å². The van der Waals surface area contributed by atoms with Gasteiger partial charge < -0.3 is 10.3 Å². The summed E-state index contributed by atoms with van der Waals surface area (Å²) >= 11 is 0. The highest BCUT2D eigenvalue weighted by atomic mass is 19.1. The van der Waals surface area contributed by atoms with Crippen LogP contribution in [0.5, 0.6) is 0 Å². The molecular formula is C24H23FN2. The first-order valence-electron chi connectivity index (χ1n) is 9.11. The monoisotopic (exact) mass is 358 g/mol. The van der Waals surface area contributed by atoms with Crippen LogP contribution in [0, 0.1) is 5.82 Å². The Hall–Kier alpha value is -3.07. The Labute approximate surface area is 159 Å². The smallest absolute Gasteiger partial charge is 0.138 e. The van der Waals surface area contributed by atoms with Crippen molar-refractivity contribution < 1.29 is 4.39 Å². The number of anilines is 1. The average molecular weight is 358 g/mol. The van der Waals surface area contributed by atoms with Crippen molar-refractivity contribution in [2.75, 3.05) is 5.73 Å². The molecule has 136 valence electrons. The first-order chi connectivity index (χ1) is 12.9. The van der Waals surface area contributed by atoms with E-state index in [4.69, 9.17) is 5.73 Å². The molecule has 0 aliphatic carbocycles. The summed E-state index contributed by atoms with van der Waals surface area (Å²) < 4.78 is 17.5. The summed E-state index contributed by atoms with van der Waals surface area (Å²) in [5, 5.41) is 1.02. The molecule has 0 aliphatic heterocycles. The second-order valence-electron chi connectivity index (χ2n) is 7.89. The van der Waals surface area contributed by atoms with Gasteiger partial charge in [0.1, 0.15) is 5.82 Å². The van der Waals surface area contributed by atoms with E-state index in [2.05, 4.69) is 25.3 Å². The summed E-state index contributed by atoms with van der Waals surface area (Å²) in [6.45, 7) is 6.42. The van der Waals surface area contributed by atoms with Crippen molar-refractivity contribution in [1.82, 2.24) is 4.57 Å². The quantitative estimate of drug-likeness (QED) is 0.410. The first kappa shape index (κ1) is 17.3. The summed E-state index contributed by atoms with van der Waals surface area (Å²) in [4.78, 5) is 0. The van der Waals surface area contributed by atoms with Gasteiger partial charge in [-0.25, -0.2) is 4.39 Å². The van der Waals surface area contributed by atoms with Crippen LogP contribution in [0.2, 0.25) is 0 Å². The zero-order valence-electron chi connectivity index (χ0n) is 15.8. The molecule has 0 unspecified atom stereocenters. The van der Waals surface area contributed by atoms with E-state index < -0.39 is 0 Å². The average Bonchev–Trinajstić information content (AvgIpc) is 3.08. The van der Waals surface area contributed by atoms with E-state index in [0.717, 1.165) is 22.0 Å². The molecule has 0 amide bonds. The van der Waals surface area contributed by atoms with Gasteiger partial charge in [0.25, 0.3) is 0 Å². The van der Waals surface area contributed by atoms with Gasteiger partial charge in [-0.2, -0.15) is 0 Å². The Balaban J connectivity index is 1.89. The lowest BCUT2D eigenvalue weighted by molar-refractivity contribution is 0.411. The minimum Gasteiger partial charge on any atom is -0.397 e. The van der Waals surface area contributed by atoms with Gasteiger partial charge in [-0.1, -0.05) is 48.5 Å². The summed E-state index contributed by atoms with van der Waals surface area (Å²) in [6.07, 6.45) is 2.04. The molecule has 1 aromatic heterocycles. The highest BCUT2D eigenvalue weighted by Gasteiger charge is 2.19. The van der Waals surface area contributed by atoms with Crippen molar-refractivity contribution in [3.8, 4) is 22.3 Å². The van der Waals surface area contributed by atoms with Gasteiger partial charge >= 0.3 is 0 Å². The SMILES string of the molecule is CC(C)(C)n1ccc2cc(-c3cccc(-c4ccccc4)c3F)cc(N)c21. The Bertz CT molecular complexity index is 1120. The maximum atomic E-state index is 15.3. The van der Waals surface area contributed by atoms with Crippen LogP contribution in [0.3, 0.4) is 0 Å². The number of aromatic nitrogens is 1. The van der Waals surface area contributed by atoms with Crippen LogP contribution in [0.25, 0.3) is 33.2 Å². The second-order valence-corrected chi connectivity index (χ2v) is 7.89. The number of fused-ring (bicyclic) bond motifs is 1. The lowest BCUT2D eigenvalue weighted by Crippen LogP contribution is -2.20. The Morgan fingerprint density at radius 2 is 1.48 bits per heavy atom. The zero-order chi connectivity index (χ0) is 19.2. The van der Waals surface area contributed by atoms with Crippen LogP contribution in [0.15, 0.2) is 72.9 Å². The highest BCUT2D eigenvalue weighted by molar-refractivity contribution is 5.95. The van der Waals surface area contributed by atoms with Gasteiger partial charge in [0.05, 0.1) is 11.2 Å². The summed E-state index contributed by atoms with van der Waals surface area (Å²) in [7, 11) is 0. The molecule has 0 fully saturated rings. The van der Waals surface area contributed by atoms with Crippen LogP contribution < -0.4 is 5.73 Å². The third-order valence-electron chi connectivity index (χ3n) is 4.93. The number of nitrogens with two attached hydrogens (primary N) is 1. The van der Waals surface area contributed by atoms with E-state index in [1.165, 1.54) is 0 Å². The number of halogens is 1. The topological polar surface area (TPSA) is 30.9 Å². The van der Waals surface area contributed by atoms with Gasteiger partial charge in [-0.15, -0.1) is 0 Å². The van der Waals surface area contributed by atoms with Crippen LogP contribution in [0.4, 0.5) is 10.1 Å². The molecule has 0 bridgehead atoms. The van der Waals surface area contributed by atoms with Gasteiger partial charge in [-0.3, -0.25) is 0 Å². The van der Waals surface area contributed by atoms with Crippen LogP contribution in [-0.2, 0) is 5.54 Å². The van der Waals surface area contributed by atoms with E-state index in [0.29, 0.717) is 16.8 Å². The predicted molar refractivity (Wildman–Crippen MR) is 112 cm³/mol. The molecule has 3 aromatic carbocycles. The summed E-state index contributed by atoms with van der Waals surface area (Å²) in [5.74, 6) is -0.224. The maximum Gasteiger partial charge on any atom is 0.138 e. The van der Waals surface area contributed by atoms with Crippen LogP contribution in [0.1, 0.15) is 20.8 Å².